The molecular weight excluding hydrogens is 1010 g/mol. The van der Waals surface area contributed by atoms with E-state index in [1.807, 2.05) is 0 Å². The van der Waals surface area contributed by atoms with Crippen LogP contribution in [0.2, 0.25) is 0 Å². The molecule has 0 saturated heterocycles. The highest BCUT2D eigenvalue weighted by Crippen LogP contribution is 2.20. The van der Waals surface area contributed by atoms with Crippen molar-refractivity contribution in [2.75, 3.05) is 13.2 Å². The van der Waals surface area contributed by atoms with Crippen molar-refractivity contribution in [2.45, 2.75) is 463 Å². The van der Waals surface area contributed by atoms with Crippen LogP contribution >= 0.6 is 0 Å². The molecule has 0 spiro atoms. The number of aliphatic hydroxyl groups is 2. The van der Waals surface area contributed by atoms with Crippen molar-refractivity contribution in [3.05, 3.63) is 0 Å². The lowest BCUT2D eigenvalue weighted by atomic mass is 10.0. The number of amides is 1. The molecule has 0 heterocycles. The molecule has 3 N–H and O–H groups in total. The predicted octanol–water partition coefficient (Wildman–Crippen LogP) is 24.9. The van der Waals surface area contributed by atoms with Gasteiger partial charge in [0.05, 0.1) is 25.4 Å². The van der Waals surface area contributed by atoms with Crippen LogP contribution in [0.1, 0.15) is 450 Å². The smallest absolute Gasteiger partial charge is 0.305 e. The number of rotatable bonds is 73. The molecule has 6 nitrogen and oxygen atoms in total. The summed E-state index contributed by atoms with van der Waals surface area (Å²) in [4.78, 5) is 24.7. The molecular formula is C76H151NO5. The molecule has 1 amide bonds. The Morgan fingerprint density at radius 2 is 0.500 bits per heavy atom. The normalized spacial score (nSPS) is 12.4. The first-order valence-corrected chi connectivity index (χ1v) is 38.3. The number of carbonyl (C=O) groups is 2. The predicted molar refractivity (Wildman–Crippen MR) is 361 cm³/mol. The maximum atomic E-state index is 12.6. The minimum Gasteiger partial charge on any atom is -0.466 e. The van der Waals surface area contributed by atoms with Crippen LogP contribution in [0.4, 0.5) is 0 Å². The van der Waals surface area contributed by atoms with E-state index in [0.29, 0.717) is 25.9 Å². The van der Waals surface area contributed by atoms with Crippen molar-refractivity contribution < 1.29 is 24.5 Å². The first kappa shape index (κ1) is 80.9. The van der Waals surface area contributed by atoms with Gasteiger partial charge >= 0.3 is 5.97 Å². The average molecular weight is 1160 g/mol. The molecule has 0 fully saturated rings. The molecule has 2 atom stereocenters. The Bertz CT molecular complexity index is 1200. The molecule has 6 heteroatoms. The lowest BCUT2D eigenvalue weighted by Crippen LogP contribution is -2.45. The Morgan fingerprint density at radius 3 is 0.744 bits per heavy atom. The number of nitrogens with one attached hydrogen (secondary N) is 1. The summed E-state index contributed by atoms with van der Waals surface area (Å²) < 4.78 is 5.51. The van der Waals surface area contributed by atoms with Crippen LogP contribution in [0, 0.1) is 0 Å². The first-order valence-electron chi connectivity index (χ1n) is 38.3. The molecule has 490 valence electrons. The van der Waals surface area contributed by atoms with Crippen LogP contribution in [0.3, 0.4) is 0 Å². The minimum absolute atomic E-state index is 0.0224. The van der Waals surface area contributed by atoms with Gasteiger partial charge in [-0.1, -0.05) is 412 Å². The molecule has 2 unspecified atom stereocenters. The van der Waals surface area contributed by atoms with E-state index < -0.39 is 12.1 Å². The Kier molecular flexibility index (Phi) is 71.3. The van der Waals surface area contributed by atoms with Gasteiger partial charge in [0.15, 0.2) is 0 Å². The van der Waals surface area contributed by atoms with Gasteiger partial charge in [0.1, 0.15) is 0 Å². The summed E-state index contributed by atoms with van der Waals surface area (Å²) in [6, 6.07) is -0.540. The van der Waals surface area contributed by atoms with Gasteiger partial charge in [-0.2, -0.15) is 0 Å². The molecule has 0 saturated carbocycles. The summed E-state index contributed by atoms with van der Waals surface area (Å²) >= 11 is 0. The molecule has 0 aliphatic rings. The molecule has 82 heavy (non-hydrogen) atoms. The lowest BCUT2D eigenvalue weighted by molar-refractivity contribution is -0.143. The van der Waals surface area contributed by atoms with Crippen molar-refractivity contribution in [3.63, 3.8) is 0 Å². The summed E-state index contributed by atoms with van der Waals surface area (Å²) in [7, 11) is 0. The van der Waals surface area contributed by atoms with Crippen LogP contribution in [-0.2, 0) is 14.3 Å². The summed E-state index contributed by atoms with van der Waals surface area (Å²) in [5.74, 6) is -0.00398. The highest BCUT2D eigenvalue weighted by molar-refractivity contribution is 5.76. The van der Waals surface area contributed by atoms with E-state index in [-0.39, 0.29) is 18.5 Å². The second kappa shape index (κ2) is 72.3. The molecule has 0 aromatic carbocycles. The average Bonchev–Trinajstić information content (AvgIpc) is 3.48. The van der Waals surface area contributed by atoms with Crippen molar-refractivity contribution in [3.8, 4) is 0 Å². The Balaban J connectivity index is 3.34. The number of ether oxygens (including phenoxy) is 1. The van der Waals surface area contributed by atoms with Crippen LogP contribution in [0.15, 0.2) is 0 Å². The summed E-state index contributed by atoms with van der Waals surface area (Å²) in [5.41, 5.74) is 0. The summed E-state index contributed by atoms with van der Waals surface area (Å²) in [6.45, 7) is 5.02. The summed E-state index contributed by atoms with van der Waals surface area (Å²) in [5, 5.41) is 23.5. The van der Waals surface area contributed by atoms with Crippen molar-refractivity contribution in [1.29, 1.82) is 0 Å². The van der Waals surface area contributed by atoms with E-state index in [9.17, 15) is 19.8 Å². The first-order chi connectivity index (χ1) is 40.5. The zero-order valence-corrected chi connectivity index (χ0v) is 56.3. The van der Waals surface area contributed by atoms with Gasteiger partial charge < -0.3 is 20.3 Å². The fourth-order valence-corrected chi connectivity index (χ4v) is 12.6. The quantitative estimate of drug-likeness (QED) is 0.0417. The van der Waals surface area contributed by atoms with Gasteiger partial charge in [0.25, 0.3) is 0 Å². The Labute approximate surface area is 515 Å². The molecule has 0 aliphatic heterocycles. The minimum atomic E-state index is -0.663. The number of aliphatic hydroxyl groups excluding tert-OH is 2. The third-order valence-corrected chi connectivity index (χ3v) is 18.4. The SMILES string of the molecule is CCCCCCCCCCCCCCCCCCCCCCCCCC(O)C(CO)NC(=O)CCCCCCCCCCCCCCCCCCCCCCCCCCCCOC(=O)CCCCCCCCCCCCCCCCCC. The van der Waals surface area contributed by atoms with Gasteiger partial charge in [0, 0.05) is 12.8 Å². The zero-order valence-electron chi connectivity index (χ0n) is 56.3. The molecule has 0 aromatic rings. The van der Waals surface area contributed by atoms with Crippen molar-refractivity contribution >= 4 is 11.9 Å². The number of carbonyl (C=O) groups excluding carboxylic acids is 2. The second-order valence-corrected chi connectivity index (χ2v) is 26.7. The van der Waals surface area contributed by atoms with Crippen LogP contribution in [0.5, 0.6) is 0 Å². The van der Waals surface area contributed by atoms with Crippen LogP contribution in [0.25, 0.3) is 0 Å². The molecule has 0 bridgehead atoms. The topological polar surface area (TPSA) is 95.9 Å². The van der Waals surface area contributed by atoms with Gasteiger partial charge in [-0.3, -0.25) is 9.59 Å². The maximum absolute atomic E-state index is 12.6. The van der Waals surface area contributed by atoms with E-state index in [0.717, 1.165) is 38.5 Å². The maximum Gasteiger partial charge on any atom is 0.305 e. The van der Waals surface area contributed by atoms with Gasteiger partial charge in [-0.15, -0.1) is 0 Å². The monoisotopic (exact) mass is 1160 g/mol. The number of hydrogen-bond acceptors (Lipinski definition) is 5. The highest BCUT2D eigenvalue weighted by atomic mass is 16.5. The van der Waals surface area contributed by atoms with Crippen molar-refractivity contribution in [1.82, 2.24) is 5.32 Å². The number of hydrogen-bond donors (Lipinski definition) is 3. The van der Waals surface area contributed by atoms with Crippen LogP contribution in [-0.4, -0.2) is 47.4 Å². The van der Waals surface area contributed by atoms with E-state index in [1.54, 1.807) is 0 Å². The third-order valence-electron chi connectivity index (χ3n) is 18.4. The fourth-order valence-electron chi connectivity index (χ4n) is 12.6. The van der Waals surface area contributed by atoms with Crippen molar-refractivity contribution in [2.24, 2.45) is 0 Å². The van der Waals surface area contributed by atoms with E-state index in [1.165, 1.54) is 379 Å². The molecule has 0 radical (unpaired) electrons. The van der Waals surface area contributed by atoms with E-state index in [2.05, 4.69) is 19.2 Å². The fraction of sp³-hybridized carbons (Fsp3) is 0.974. The largest absolute Gasteiger partial charge is 0.466 e. The Hall–Kier alpha value is -1.14. The van der Waals surface area contributed by atoms with Gasteiger partial charge in [0.2, 0.25) is 5.91 Å². The Morgan fingerprint density at radius 1 is 0.293 bits per heavy atom. The van der Waals surface area contributed by atoms with E-state index in [4.69, 9.17) is 4.74 Å². The third kappa shape index (κ3) is 68.0. The second-order valence-electron chi connectivity index (χ2n) is 26.7. The lowest BCUT2D eigenvalue weighted by Gasteiger charge is -2.22. The molecule has 0 aliphatic carbocycles. The molecule has 0 rings (SSSR count). The van der Waals surface area contributed by atoms with Crippen LogP contribution < -0.4 is 5.32 Å². The highest BCUT2D eigenvalue weighted by Gasteiger charge is 2.20. The molecule has 0 aromatic heterocycles. The van der Waals surface area contributed by atoms with Gasteiger partial charge in [-0.05, 0) is 25.7 Å². The number of esters is 1. The standard InChI is InChI=1S/C76H151NO5/c1-3-5-7-9-11-13-15-17-19-21-22-23-28-31-34-37-40-44-48-52-56-60-64-68-74(79)73(72-78)77-75(80)69-65-61-57-53-49-45-41-38-35-32-29-26-24-25-27-30-33-36-39-43-47-51-55-59-63-67-71-82-76(81)70-66-62-58-54-50-46-42-20-18-16-14-12-10-8-6-4-2/h73-74,78-79H,3-72H2,1-2H3,(H,77,80). The van der Waals surface area contributed by atoms with E-state index >= 15 is 0 Å². The summed E-state index contributed by atoms with van der Waals surface area (Å²) in [6.07, 6.45) is 88.9. The number of unbranched alkanes of at least 4 members (excludes halogenated alkanes) is 62. The van der Waals surface area contributed by atoms with Gasteiger partial charge in [-0.25, -0.2) is 0 Å². The zero-order chi connectivity index (χ0) is 59.2.